The Hall–Kier alpha value is -0.378. The first-order valence-electron chi connectivity index (χ1n) is 10.9. The Balaban J connectivity index is 0.000000221. The molecule has 0 N–H and O–H groups in total. The van der Waals surface area contributed by atoms with Gasteiger partial charge in [-0.15, -0.1) is 0 Å². The minimum absolute atomic E-state index is 0.780. The monoisotopic (exact) mass is 448 g/mol. The molecule has 3 rings (SSSR count). The van der Waals surface area contributed by atoms with E-state index in [1.165, 1.54) is 48.1 Å². The molecule has 0 aromatic heterocycles. The van der Waals surface area contributed by atoms with Crippen molar-refractivity contribution in [1.29, 1.82) is 0 Å². The van der Waals surface area contributed by atoms with Crippen LogP contribution in [-0.4, -0.2) is 15.2 Å². The second-order valence-corrected chi connectivity index (χ2v) is 11.0. The molecule has 0 bridgehead atoms. The van der Waals surface area contributed by atoms with Gasteiger partial charge >= 0.3 is 115 Å². The molecule has 2 saturated carbocycles. The summed E-state index contributed by atoms with van der Waals surface area (Å²) >= 11 is 4.71. The average molecular weight is 449 g/mol. The summed E-state index contributed by atoms with van der Waals surface area (Å²) in [5.41, 5.74) is 0. The summed E-state index contributed by atoms with van der Waals surface area (Å²) in [5, 5.41) is 0. The van der Waals surface area contributed by atoms with E-state index in [1.54, 1.807) is 51.4 Å². The number of hydrogen-bond donors (Lipinski definition) is 0. The normalized spacial score (nSPS) is 19.8. The first-order valence-corrected chi connectivity index (χ1v) is 12.7. The van der Waals surface area contributed by atoms with Crippen molar-refractivity contribution in [3.05, 3.63) is 29.1 Å². The fourth-order valence-electron chi connectivity index (χ4n) is 4.33. The van der Waals surface area contributed by atoms with E-state index >= 15 is 0 Å². The Bertz CT molecular complexity index is 499. The fourth-order valence-corrected chi connectivity index (χ4v) is 6.99. The summed E-state index contributed by atoms with van der Waals surface area (Å²) in [6.07, 6.45) is 21.7. The summed E-state index contributed by atoms with van der Waals surface area (Å²) < 4.78 is 63.5. The molecule has 0 unspecified atom stereocenters. The molecule has 1 aromatic rings. The fraction of sp³-hybridized carbons (Fsp3) is 0.727. The third-order valence-electron chi connectivity index (χ3n) is 6.01. The van der Waals surface area contributed by atoms with E-state index < -0.39 is 34.0 Å². The molecule has 0 radical (unpaired) electrons. The standard InChI is InChI=1S/2C8H15.C6HF5S.Al/c2*1-2-4-6-8-7-5-3-1;7-1-2(8)4(10)6(12)5(11)3(1)9;/h2*1H,2-8H2;12H;/q;;;+1/p-1. The number of halogens is 5. The Labute approximate surface area is 183 Å². The van der Waals surface area contributed by atoms with E-state index in [4.69, 9.17) is 0 Å². The van der Waals surface area contributed by atoms with Gasteiger partial charge in [0.25, 0.3) is 0 Å². The topological polar surface area (TPSA) is 0 Å². The number of benzene rings is 1. The summed E-state index contributed by atoms with van der Waals surface area (Å²) in [4.78, 5) is -1.29. The smallest absolute Gasteiger partial charge is 0.200 e. The van der Waals surface area contributed by atoms with E-state index in [0.29, 0.717) is 0 Å². The zero-order chi connectivity index (χ0) is 21.2. The molecule has 7 heteroatoms. The van der Waals surface area contributed by atoms with Crippen LogP contribution in [0.25, 0.3) is 0 Å². The van der Waals surface area contributed by atoms with Crippen LogP contribution in [0, 0.1) is 29.1 Å². The van der Waals surface area contributed by atoms with Crippen LogP contribution in [0.5, 0.6) is 0 Å². The molecule has 0 saturated heterocycles. The van der Waals surface area contributed by atoms with E-state index in [1.807, 2.05) is 0 Å². The Kier molecular flexibility index (Phi) is 11.3. The van der Waals surface area contributed by atoms with Gasteiger partial charge in [0.15, 0.2) is 17.5 Å². The summed E-state index contributed by atoms with van der Waals surface area (Å²) in [5.74, 6) is -10.2. The molecular weight excluding hydrogens is 418 g/mol. The summed E-state index contributed by atoms with van der Waals surface area (Å²) in [6.45, 7) is 0. The van der Waals surface area contributed by atoms with Gasteiger partial charge in [0, 0.05) is 0 Å². The van der Waals surface area contributed by atoms with Gasteiger partial charge in [0.2, 0.25) is 0 Å². The minimum atomic E-state index is -2.20. The quantitative estimate of drug-likeness (QED) is 0.145. The second-order valence-electron chi connectivity index (χ2n) is 8.30. The molecule has 2 aliphatic rings. The zero-order valence-corrected chi connectivity index (χ0v) is 18.9. The predicted octanol–water partition coefficient (Wildman–Crippen LogP) is 8.04. The molecule has 0 atom stereocenters. The molecule has 0 spiro atoms. The van der Waals surface area contributed by atoms with E-state index in [-0.39, 0.29) is 0 Å². The maximum absolute atomic E-state index is 12.3. The van der Waals surface area contributed by atoms with Crippen molar-refractivity contribution in [3.63, 3.8) is 0 Å². The van der Waals surface area contributed by atoms with Crippen LogP contribution in [0.4, 0.5) is 22.0 Å². The van der Waals surface area contributed by atoms with Crippen molar-refractivity contribution >= 4 is 27.8 Å². The maximum Gasteiger partial charge on any atom is 0.200 e. The van der Waals surface area contributed by atoms with Crippen LogP contribution in [0.3, 0.4) is 0 Å². The van der Waals surface area contributed by atoms with Gasteiger partial charge in [-0.05, 0) is 0 Å². The molecular formula is C22H30AlF5S. The van der Waals surface area contributed by atoms with Crippen LogP contribution in [-0.2, 0) is 12.6 Å². The molecule has 2 fully saturated rings. The van der Waals surface area contributed by atoms with E-state index in [9.17, 15) is 22.0 Å². The van der Waals surface area contributed by atoms with Crippen LogP contribution in [0.15, 0.2) is 4.90 Å². The van der Waals surface area contributed by atoms with Crippen molar-refractivity contribution in [2.45, 2.75) is 104 Å². The van der Waals surface area contributed by atoms with Crippen molar-refractivity contribution in [3.8, 4) is 0 Å². The van der Waals surface area contributed by atoms with E-state index in [0.717, 1.165) is 15.2 Å². The van der Waals surface area contributed by atoms with Crippen LogP contribution >= 0.6 is 0 Å². The van der Waals surface area contributed by atoms with Gasteiger partial charge in [0.05, 0.1) is 0 Å². The summed E-state index contributed by atoms with van der Waals surface area (Å²) in [7, 11) is 0. The SMILES string of the molecule is C1CCC[CH]([Al+][CH]2CCCCCCC2)CCC1.Fc1c(F)c(F)c([S-])c(F)c1F. The predicted molar refractivity (Wildman–Crippen MR) is 110 cm³/mol. The number of rotatable bonds is 2. The third-order valence-corrected chi connectivity index (χ3v) is 8.79. The van der Waals surface area contributed by atoms with Crippen molar-refractivity contribution in [2.75, 3.05) is 0 Å². The Morgan fingerprint density at radius 3 is 1.10 bits per heavy atom. The van der Waals surface area contributed by atoms with Gasteiger partial charge in [-0.1, -0.05) is 4.90 Å². The largest absolute Gasteiger partial charge is 0.774 e. The van der Waals surface area contributed by atoms with Gasteiger partial charge in [-0.2, -0.15) is 0 Å². The Morgan fingerprint density at radius 1 is 0.483 bits per heavy atom. The van der Waals surface area contributed by atoms with Crippen molar-refractivity contribution in [1.82, 2.24) is 0 Å². The minimum Gasteiger partial charge on any atom is -0.774 e. The molecule has 0 nitrogen and oxygen atoms in total. The zero-order valence-electron chi connectivity index (χ0n) is 16.9. The van der Waals surface area contributed by atoms with Crippen LogP contribution in [0.2, 0.25) is 9.56 Å². The molecule has 1 aromatic carbocycles. The maximum atomic E-state index is 12.3. The number of hydrogen-bond acceptors (Lipinski definition) is 1. The summed E-state index contributed by atoms with van der Waals surface area (Å²) in [6, 6.07) is 0. The average Bonchev–Trinajstić information content (AvgIpc) is 2.67. The van der Waals surface area contributed by atoms with Crippen LogP contribution < -0.4 is 0 Å². The van der Waals surface area contributed by atoms with Gasteiger partial charge in [0.1, 0.15) is 11.6 Å². The molecule has 0 amide bonds. The Morgan fingerprint density at radius 2 is 0.759 bits per heavy atom. The molecule has 0 heterocycles. The van der Waals surface area contributed by atoms with Gasteiger partial charge < -0.3 is 12.6 Å². The van der Waals surface area contributed by atoms with Crippen molar-refractivity contribution in [2.24, 2.45) is 0 Å². The van der Waals surface area contributed by atoms with Gasteiger partial charge in [-0.3, -0.25) is 0 Å². The van der Waals surface area contributed by atoms with Crippen LogP contribution in [0.1, 0.15) is 89.9 Å². The van der Waals surface area contributed by atoms with Gasteiger partial charge in [-0.25, -0.2) is 22.0 Å². The van der Waals surface area contributed by atoms with E-state index in [2.05, 4.69) is 12.6 Å². The molecule has 2 aliphatic carbocycles. The third kappa shape index (κ3) is 8.00. The second kappa shape index (κ2) is 13.1. The molecule has 29 heavy (non-hydrogen) atoms. The first-order chi connectivity index (χ1) is 13.9. The molecule has 162 valence electrons. The molecule has 0 aliphatic heterocycles. The van der Waals surface area contributed by atoms with Crippen molar-refractivity contribution < 1.29 is 22.0 Å². The first kappa shape index (κ1) is 24.9.